The van der Waals surface area contributed by atoms with Crippen LogP contribution in [0.25, 0.3) is 0 Å². The van der Waals surface area contributed by atoms with E-state index in [9.17, 15) is 0 Å². The molecule has 0 atom stereocenters. The zero-order chi connectivity index (χ0) is 7.28. The quantitative estimate of drug-likeness (QED) is 0.556. The molecule has 0 saturated carbocycles. The fraction of sp³-hybridized carbons (Fsp3) is 0.429. The van der Waals surface area contributed by atoms with Gasteiger partial charge in [-0.05, 0) is 19.9 Å². The van der Waals surface area contributed by atoms with E-state index in [2.05, 4.69) is 11.6 Å². The molecule has 9 heavy (non-hydrogen) atoms. The van der Waals surface area contributed by atoms with Crippen LogP contribution in [0.1, 0.15) is 13.8 Å². The van der Waals surface area contributed by atoms with Gasteiger partial charge >= 0.3 is 0 Å². The number of allylic oxidation sites excluding steroid dienone is 1. The molecule has 50 valence electrons. The maximum Gasteiger partial charge on any atom is 0.0765 e. The molecular formula is C7H12N2. The Kier molecular flexibility index (Phi) is 3.60. The molecule has 0 aromatic carbocycles. The molecule has 0 aliphatic carbocycles. The average Bonchev–Trinajstić information content (AvgIpc) is 1.83. The summed E-state index contributed by atoms with van der Waals surface area (Å²) in [4.78, 5) is 4.02. The van der Waals surface area contributed by atoms with Crippen molar-refractivity contribution in [3.63, 3.8) is 0 Å². The Bertz CT molecular complexity index is 145. The Morgan fingerprint density at radius 1 is 1.67 bits per heavy atom. The van der Waals surface area contributed by atoms with Crippen molar-refractivity contribution in [2.75, 3.05) is 6.54 Å². The van der Waals surface area contributed by atoms with Gasteiger partial charge in [-0.2, -0.15) is 0 Å². The SMILES string of the molecule is C=CC(C)=NCC(C)=N. The second kappa shape index (κ2) is 4.01. The van der Waals surface area contributed by atoms with E-state index in [0.29, 0.717) is 12.3 Å². The molecule has 0 aromatic rings. The first-order valence-electron chi connectivity index (χ1n) is 2.84. The zero-order valence-electron chi connectivity index (χ0n) is 5.94. The van der Waals surface area contributed by atoms with Gasteiger partial charge in [0.15, 0.2) is 0 Å². The van der Waals surface area contributed by atoms with Crippen molar-refractivity contribution >= 4 is 11.4 Å². The number of nitrogens with zero attached hydrogens (tertiary/aromatic N) is 1. The Balaban J connectivity index is 3.69. The van der Waals surface area contributed by atoms with E-state index in [1.54, 1.807) is 13.0 Å². The monoisotopic (exact) mass is 124 g/mol. The minimum atomic E-state index is 0.498. The number of aliphatic imine (C=N–C) groups is 1. The van der Waals surface area contributed by atoms with Gasteiger partial charge in [0.05, 0.1) is 6.54 Å². The predicted molar refractivity (Wildman–Crippen MR) is 41.6 cm³/mol. The van der Waals surface area contributed by atoms with Gasteiger partial charge < -0.3 is 5.41 Å². The van der Waals surface area contributed by atoms with Gasteiger partial charge in [0.25, 0.3) is 0 Å². The lowest BCUT2D eigenvalue weighted by Crippen LogP contribution is -1.96. The summed E-state index contributed by atoms with van der Waals surface area (Å²) in [7, 11) is 0. The molecule has 0 unspecified atom stereocenters. The van der Waals surface area contributed by atoms with E-state index in [1.165, 1.54) is 0 Å². The van der Waals surface area contributed by atoms with Crippen LogP contribution >= 0.6 is 0 Å². The highest BCUT2D eigenvalue weighted by atomic mass is 14.7. The molecule has 2 nitrogen and oxygen atoms in total. The van der Waals surface area contributed by atoms with E-state index >= 15 is 0 Å². The molecule has 2 heteroatoms. The third-order valence-corrected chi connectivity index (χ3v) is 0.861. The van der Waals surface area contributed by atoms with Crippen molar-refractivity contribution in [2.45, 2.75) is 13.8 Å². The maximum atomic E-state index is 7.02. The van der Waals surface area contributed by atoms with E-state index in [0.717, 1.165) is 5.71 Å². The summed E-state index contributed by atoms with van der Waals surface area (Å²) in [6.45, 7) is 7.64. The van der Waals surface area contributed by atoms with Crippen LogP contribution in [-0.4, -0.2) is 18.0 Å². The molecule has 0 fully saturated rings. The highest BCUT2D eigenvalue weighted by Gasteiger charge is 1.83. The number of nitrogens with one attached hydrogen (secondary N) is 1. The van der Waals surface area contributed by atoms with Crippen molar-refractivity contribution < 1.29 is 0 Å². The fourth-order valence-electron chi connectivity index (χ4n) is 0.308. The summed E-state index contributed by atoms with van der Waals surface area (Å²) in [6, 6.07) is 0. The lowest BCUT2D eigenvalue weighted by Gasteiger charge is -1.90. The standard InChI is InChI=1S/C7H12N2/c1-4-7(3)9-5-6(2)8/h4,8H,1,5H2,2-3H3. The third kappa shape index (κ3) is 4.94. The van der Waals surface area contributed by atoms with E-state index in [1.807, 2.05) is 6.92 Å². The molecule has 0 spiro atoms. The Labute approximate surface area is 55.8 Å². The first-order valence-corrected chi connectivity index (χ1v) is 2.84. The minimum Gasteiger partial charge on any atom is -0.308 e. The van der Waals surface area contributed by atoms with Crippen LogP contribution in [0.2, 0.25) is 0 Å². The Morgan fingerprint density at radius 2 is 2.22 bits per heavy atom. The summed E-state index contributed by atoms with van der Waals surface area (Å²) in [5, 5.41) is 7.02. The fourth-order valence-corrected chi connectivity index (χ4v) is 0.308. The number of rotatable bonds is 3. The zero-order valence-corrected chi connectivity index (χ0v) is 5.94. The van der Waals surface area contributed by atoms with Crippen molar-refractivity contribution in [1.29, 1.82) is 5.41 Å². The normalized spacial score (nSPS) is 11.1. The van der Waals surface area contributed by atoms with Crippen LogP contribution in [0.5, 0.6) is 0 Å². The summed E-state index contributed by atoms with van der Waals surface area (Å²) >= 11 is 0. The van der Waals surface area contributed by atoms with Gasteiger partial charge in [-0.3, -0.25) is 4.99 Å². The van der Waals surface area contributed by atoms with Crippen LogP contribution < -0.4 is 0 Å². The number of hydrogen-bond acceptors (Lipinski definition) is 2. The maximum absolute atomic E-state index is 7.02. The Hall–Kier alpha value is -0.920. The summed E-state index contributed by atoms with van der Waals surface area (Å²) in [5.74, 6) is 0. The minimum absolute atomic E-state index is 0.498. The molecule has 1 N–H and O–H groups in total. The van der Waals surface area contributed by atoms with E-state index in [-0.39, 0.29) is 0 Å². The highest BCUT2D eigenvalue weighted by Crippen LogP contribution is 1.79. The van der Waals surface area contributed by atoms with Gasteiger partial charge in [-0.25, -0.2) is 0 Å². The lowest BCUT2D eigenvalue weighted by atomic mass is 10.4. The molecule has 0 aliphatic heterocycles. The van der Waals surface area contributed by atoms with Gasteiger partial charge in [0.1, 0.15) is 0 Å². The smallest absolute Gasteiger partial charge is 0.0765 e. The molecule has 0 amide bonds. The van der Waals surface area contributed by atoms with Gasteiger partial charge in [-0.15, -0.1) is 0 Å². The van der Waals surface area contributed by atoms with Crippen molar-refractivity contribution in [3.8, 4) is 0 Å². The first-order chi connectivity index (χ1) is 4.16. The summed E-state index contributed by atoms with van der Waals surface area (Å²) < 4.78 is 0. The molecule has 0 heterocycles. The third-order valence-electron chi connectivity index (χ3n) is 0.861. The van der Waals surface area contributed by atoms with Crippen molar-refractivity contribution in [1.82, 2.24) is 0 Å². The highest BCUT2D eigenvalue weighted by molar-refractivity contribution is 5.94. The molecule has 0 aromatic heterocycles. The molecule has 0 aliphatic rings. The first kappa shape index (κ1) is 8.08. The van der Waals surface area contributed by atoms with E-state index in [4.69, 9.17) is 5.41 Å². The lowest BCUT2D eigenvalue weighted by molar-refractivity contribution is 1.24. The molecular weight excluding hydrogens is 112 g/mol. The number of hydrogen-bond donors (Lipinski definition) is 1. The molecule has 0 radical (unpaired) electrons. The van der Waals surface area contributed by atoms with Gasteiger partial charge in [-0.1, -0.05) is 6.58 Å². The second-order valence-electron chi connectivity index (χ2n) is 1.94. The Morgan fingerprint density at radius 3 is 2.56 bits per heavy atom. The van der Waals surface area contributed by atoms with Crippen LogP contribution in [0, 0.1) is 5.41 Å². The van der Waals surface area contributed by atoms with Crippen LogP contribution in [0.15, 0.2) is 17.6 Å². The topological polar surface area (TPSA) is 36.2 Å². The van der Waals surface area contributed by atoms with Crippen LogP contribution in [-0.2, 0) is 0 Å². The largest absolute Gasteiger partial charge is 0.308 e. The van der Waals surface area contributed by atoms with Crippen molar-refractivity contribution in [3.05, 3.63) is 12.7 Å². The van der Waals surface area contributed by atoms with Crippen LogP contribution in [0.3, 0.4) is 0 Å². The average molecular weight is 124 g/mol. The predicted octanol–water partition coefficient (Wildman–Crippen LogP) is 1.67. The van der Waals surface area contributed by atoms with Gasteiger partial charge in [0, 0.05) is 11.4 Å². The second-order valence-corrected chi connectivity index (χ2v) is 1.94. The van der Waals surface area contributed by atoms with Crippen LogP contribution in [0.4, 0.5) is 0 Å². The molecule has 0 bridgehead atoms. The van der Waals surface area contributed by atoms with Gasteiger partial charge in [0.2, 0.25) is 0 Å². The summed E-state index contributed by atoms with van der Waals surface area (Å²) in [5.41, 5.74) is 1.47. The molecule has 0 saturated heterocycles. The van der Waals surface area contributed by atoms with E-state index < -0.39 is 0 Å². The summed E-state index contributed by atoms with van der Waals surface area (Å²) in [6.07, 6.45) is 1.68. The van der Waals surface area contributed by atoms with Crippen molar-refractivity contribution in [2.24, 2.45) is 4.99 Å². The molecule has 0 rings (SSSR count).